The number of hydrogen-bond acceptors (Lipinski definition) is 0. The van der Waals surface area contributed by atoms with Crippen molar-refractivity contribution in [2.24, 2.45) is 0 Å². The van der Waals surface area contributed by atoms with Gasteiger partial charge in [0.05, 0.1) is 6.04 Å². The quantitative estimate of drug-likeness (QED) is 0.417. The largest absolute Gasteiger partial charge is 0.337 e. The number of rotatable bonds is 3. The molecule has 3 rings (SSSR count). The van der Waals surface area contributed by atoms with E-state index in [9.17, 15) is 0 Å². The highest BCUT2D eigenvalue weighted by Crippen LogP contribution is 2.33. The van der Waals surface area contributed by atoms with Crippen LogP contribution in [0.15, 0.2) is 30.3 Å². The Morgan fingerprint density at radius 2 is 2.26 bits per heavy atom. The van der Waals surface area contributed by atoms with Crippen LogP contribution in [0.5, 0.6) is 0 Å². The predicted octanol–water partition coefficient (Wildman–Crippen LogP) is 5.33. The van der Waals surface area contributed by atoms with Crippen molar-refractivity contribution in [3.63, 3.8) is 0 Å². The summed E-state index contributed by atoms with van der Waals surface area (Å²) < 4.78 is 6.43. The first-order chi connectivity index (χ1) is 9.33. The highest BCUT2D eigenvalue weighted by molar-refractivity contribution is 14.2. The minimum Gasteiger partial charge on any atom is -0.337 e. The summed E-state index contributed by atoms with van der Waals surface area (Å²) >= 11 is 2.73. The molecule has 0 aliphatic heterocycles. The lowest BCUT2D eigenvalue weighted by Gasteiger charge is -2.17. The molecule has 1 nitrogen and oxygen atoms in total. The van der Waals surface area contributed by atoms with Gasteiger partial charge >= 0.3 is 0 Å². The number of halogens is 2. The second-order valence-electron chi connectivity index (χ2n) is 4.81. The smallest absolute Gasteiger partial charge is 0.0543 e. The lowest BCUT2D eigenvalue weighted by Crippen LogP contribution is -2.10. The van der Waals surface area contributed by atoms with Crippen molar-refractivity contribution < 1.29 is 0 Å². The zero-order valence-electron chi connectivity index (χ0n) is 10.9. The first kappa shape index (κ1) is 13.8. The van der Waals surface area contributed by atoms with Crippen LogP contribution in [-0.4, -0.2) is 11.0 Å². The van der Waals surface area contributed by atoms with E-state index in [-0.39, 0.29) is 20.7 Å². The zero-order valence-corrected chi connectivity index (χ0v) is 15.3. The summed E-state index contributed by atoms with van der Waals surface area (Å²) in [4.78, 5) is 0. The number of alkyl halides is 2. The van der Waals surface area contributed by atoms with Gasteiger partial charge in [-0.3, -0.25) is 0 Å². The standard InChI is InChI=1S/C16H17I2N/c1-12(10-18-11-17)19-15-8-4-2-6-13(15)14-7-3-5-9-16(14)19/h2-4,6-8,10,12H,5,9,11H2,1H3/t12-/m0/s1. The molecule has 100 valence electrons. The van der Waals surface area contributed by atoms with Crippen molar-refractivity contribution in [2.75, 3.05) is 2.43 Å². The van der Waals surface area contributed by atoms with E-state index in [1.54, 1.807) is 0 Å². The third kappa shape index (κ3) is 2.55. The van der Waals surface area contributed by atoms with E-state index in [4.69, 9.17) is 0 Å². The summed E-state index contributed by atoms with van der Waals surface area (Å²) in [6.45, 7) is 2.34. The fourth-order valence-electron chi connectivity index (χ4n) is 2.89. The summed E-state index contributed by atoms with van der Waals surface area (Å²) in [5.41, 5.74) is 4.39. The number of benzene rings is 1. The maximum atomic E-state index is 2.57. The molecule has 0 radical (unpaired) electrons. The molecule has 0 unspecified atom stereocenters. The summed E-state index contributed by atoms with van der Waals surface area (Å²) in [6.07, 6.45) is 6.99. The molecule has 3 heteroatoms. The number of aromatic nitrogens is 1. The van der Waals surface area contributed by atoms with Gasteiger partial charge in [-0.05, 0) is 29.8 Å². The summed E-state index contributed by atoms with van der Waals surface area (Å²) in [7, 11) is 0. The highest BCUT2D eigenvalue weighted by atomic mass is 127. The first-order valence-corrected chi connectivity index (χ1v) is 10.9. The Kier molecular flexibility index (Phi) is 4.41. The maximum absolute atomic E-state index is 2.57. The Balaban J connectivity index is 2.23. The maximum Gasteiger partial charge on any atom is 0.0543 e. The predicted molar refractivity (Wildman–Crippen MR) is 103 cm³/mol. The van der Waals surface area contributed by atoms with Crippen LogP contribution in [-0.2, 0) is 6.42 Å². The van der Waals surface area contributed by atoms with Crippen LogP contribution in [0.1, 0.15) is 30.6 Å². The number of allylic oxidation sites excluding steroid dienone is 1. The molecule has 19 heavy (non-hydrogen) atoms. The van der Waals surface area contributed by atoms with Crippen molar-refractivity contribution >= 4 is 64.3 Å². The van der Waals surface area contributed by atoms with Gasteiger partial charge in [-0.15, -0.1) is 20.7 Å². The minimum absolute atomic E-state index is 0.233. The van der Waals surface area contributed by atoms with Gasteiger partial charge in [0, 0.05) is 24.6 Å². The van der Waals surface area contributed by atoms with Crippen LogP contribution in [0.25, 0.3) is 17.0 Å². The van der Waals surface area contributed by atoms with E-state index in [0.717, 1.165) is 0 Å². The van der Waals surface area contributed by atoms with E-state index < -0.39 is 0 Å². The van der Waals surface area contributed by atoms with Crippen molar-refractivity contribution in [2.45, 2.75) is 25.8 Å². The average molecular weight is 477 g/mol. The van der Waals surface area contributed by atoms with Crippen molar-refractivity contribution in [1.29, 1.82) is 0 Å². The summed E-state index contributed by atoms with van der Waals surface area (Å²) in [6, 6.07) is 9.38. The van der Waals surface area contributed by atoms with Gasteiger partial charge in [-0.25, -0.2) is 0 Å². The van der Waals surface area contributed by atoms with Crippen LogP contribution in [0, 0.1) is 0 Å². The van der Waals surface area contributed by atoms with Gasteiger partial charge in [0.2, 0.25) is 0 Å². The number of para-hydroxylation sites is 1. The Bertz CT molecular complexity index is 652. The molecule has 1 heterocycles. The van der Waals surface area contributed by atoms with Crippen LogP contribution < -0.4 is 0 Å². The third-order valence-corrected chi connectivity index (χ3v) is 7.74. The molecule has 0 spiro atoms. The third-order valence-electron chi connectivity index (χ3n) is 3.62. The van der Waals surface area contributed by atoms with Crippen molar-refractivity contribution in [3.8, 4) is 0 Å². The molecule has 0 saturated carbocycles. The second kappa shape index (κ2) is 6.08. The van der Waals surface area contributed by atoms with E-state index >= 15 is 0 Å². The van der Waals surface area contributed by atoms with Crippen LogP contribution in [0.2, 0.25) is 0 Å². The molecular formula is C16H17I2N. The molecular weight excluding hydrogens is 460 g/mol. The van der Waals surface area contributed by atoms with E-state index in [1.165, 1.54) is 37.4 Å². The summed E-state index contributed by atoms with van der Waals surface area (Å²) in [5.74, 6) is 0. The van der Waals surface area contributed by atoms with E-state index in [0.29, 0.717) is 6.04 Å². The Morgan fingerprint density at radius 1 is 1.42 bits per heavy atom. The van der Waals surface area contributed by atoms with Crippen LogP contribution in [0.4, 0.5) is 0 Å². The molecule has 2 aromatic rings. The number of hydrogen-bond donors (Lipinski definition) is 0. The molecule has 0 bridgehead atoms. The Labute approximate surface area is 138 Å². The second-order valence-corrected chi connectivity index (χ2v) is 10.9. The molecule has 0 N–H and O–H groups in total. The highest BCUT2D eigenvalue weighted by Gasteiger charge is 2.18. The van der Waals surface area contributed by atoms with Gasteiger partial charge in [0.15, 0.2) is 0 Å². The van der Waals surface area contributed by atoms with Crippen LogP contribution in [0.3, 0.4) is 0 Å². The molecule has 0 fully saturated rings. The van der Waals surface area contributed by atoms with Crippen molar-refractivity contribution in [3.05, 3.63) is 41.6 Å². The van der Waals surface area contributed by atoms with Crippen LogP contribution >= 0.6 is 43.3 Å². The van der Waals surface area contributed by atoms with Gasteiger partial charge in [-0.2, -0.15) is 0 Å². The Morgan fingerprint density at radius 3 is 3.11 bits per heavy atom. The van der Waals surface area contributed by atoms with Gasteiger partial charge in [0.1, 0.15) is 0 Å². The van der Waals surface area contributed by atoms with Gasteiger partial charge in [0.25, 0.3) is 0 Å². The lowest BCUT2D eigenvalue weighted by molar-refractivity contribution is 0.690. The molecule has 1 aromatic heterocycles. The summed E-state index contributed by atoms with van der Waals surface area (Å²) in [5, 5.41) is 1.42. The normalized spacial score (nSPS) is 16.5. The lowest BCUT2D eigenvalue weighted by atomic mass is 10.0. The van der Waals surface area contributed by atoms with Gasteiger partial charge in [-0.1, -0.05) is 52.9 Å². The fourth-order valence-corrected chi connectivity index (χ4v) is 5.43. The molecule has 1 aliphatic rings. The minimum atomic E-state index is 0.233. The number of fused-ring (bicyclic) bond motifs is 3. The topological polar surface area (TPSA) is 4.93 Å². The molecule has 1 aromatic carbocycles. The van der Waals surface area contributed by atoms with Crippen molar-refractivity contribution in [1.82, 2.24) is 4.57 Å². The molecule has 1 atom stereocenters. The monoisotopic (exact) mass is 477 g/mol. The molecule has 0 amide bonds. The van der Waals surface area contributed by atoms with E-state index in [2.05, 4.69) is 74.5 Å². The van der Waals surface area contributed by atoms with Gasteiger partial charge < -0.3 is 4.57 Å². The fraction of sp³-hybridized carbons (Fsp3) is 0.312. The average Bonchev–Trinajstić information content (AvgIpc) is 2.79. The zero-order chi connectivity index (χ0) is 13.2. The Hall–Kier alpha value is -0.170. The first-order valence-electron chi connectivity index (χ1n) is 6.58. The molecule has 0 saturated heterocycles. The SMILES string of the molecule is C[C@@H](C=ICI)n1c2c(c3ccccc31)C=CCC2. The van der Waals surface area contributed by atoms with E-state index in [1.807, 2.05) is 0 Å². The number of nitrogens with zero attached hydrogens (tertiary/aromatic N) is 1. The molecule has 1 aliphatic carbocycles.